The molecule has 166 valence electrons. The van der Waals surface area contributed by atoms with Gasteiger partial charge in [-0.25, -0.2) is 15.0 Å². The van der Waals surface area contributed by atoms with Crippen molar-refractivity contribution in [2.45, 2.75) is 6.92 Å². The standard InChI is InChI=1S/C23H27N7OS/c1-18-4-2-3-5-20(18)27-6-8-29(9-7-27)23(31)19-15-30(17-26-19)22-14-21(24-16-25-22)28-10-12-32-13-11-28/h2-5,14-17H,6-13H2,1H3. The Labute approximate surface area is 192 Å². The fourth-order valence-corrected chi connectivity index (χ4v) is 5.14. The van der Waals surface area contributed by atoms with Crippen molar-refractivity contribution < 1.29 is 4.79 Å². The molecule has 2 aliphatic heterocycles. The molecule has 0 radical (unpaired) electrons. The van der Waals surface area contributed by atoms with Gasteiger partial charge in [0.1, 0.15) is 30.0 Å². The van der Waals surface area contributed by atoms with E-state index in [1.807, 2.05) is 22.7 Å². The third kappa shape index (κ3) is 4.29. The van der Waals surface area contributed by atoms with Crippen LogP contribution in [0.15, 0.2) is 49.2 Å². The molecule has 0 saturated carbocycles. The van der Waals surface area contributed by atoms with Gasteiger partial charge in [0.2, 0.25) is 0 Å². The SMILES string of the molecule is Cc1ccccc1N1CCN(C(=O)c2cn(-c3cc(N4CCSCC4)ncn3)cn2)CC1. The van der Waals surface area contributed by atoms with Gasteiger partial charge in [-0.05, 0) is 18.6 Å². The highest BCUT2D eigenvalue weighted by Crippen LogP contribution is 2.22. The highest BCUT2D eigenvalue weighted by atomic mass is 32.2. The van der Waals surface area contributed by atoms with Gasteiger partial charge >= 0.3 is 0 Å². The van der Waals surface area contributed by atoms with Crippen LogP contribution in [0.4, 0.5) is 11.5 Å². The molecule has 8 nitrogen and oxygen atoms in total. The van der Waals surface area contributed by atoms with Crippen molar-refractivity contribution in [1.29, 1.82) is 0 Å². The summed E-state index contributed by atoms with van der Waals surface area (Å²) in [5.74, 6) is 3.84. The van der Waals surface area contributed by atoms with Crippen LogP contribution in [-0.2, 0) is 0 Å². The third-order valence-electron chi connectivity index (χ3n) is 6.06. The molecule has 0 atom stereocenters. The number of carbonyl (C=O) groups is 1. The fraction of sp³-hybridized carbons (Fsp3) is 0.391. The predicted octanol–water partition coefficient (Wildman–Crippen LogP) is 2.49. The van der Waals surface area contributed by atoms with E-state index in [1.54, 1.807) is 23.4 Å². The molecule has 32 heavy (non-hydrogen) atoms. The monoisotopic (exact) mass is 449 g/mol. The minimum Gasteiger partial charge on any atom is -0.368 e. The van der Waals surface area contributed by atoms with E-state index in [0.29, 0.717) is 18.8 Å². The zero-order valence-corrected chi connectivity index (χ0v) is 19.0. The van der Waals surface area contributed by atoms with Crippen molar-refractivity contribution in [2.24, 2.45) is 0 Å². The van der Waals surface area contributed by atoms with Crippen molar-refractivity contribution in [1.82, 2.24) is 24.4 Å². The van der Waals surface area contributed by atoms with Crippen LogP contribution >= 0.6 is 11.8 Å². The topological polar surface area (TPSA) is 70.4 Å². The van der Waals surface area contributed by atoms with Crippen LogP contribution in [0.3, 0.4) is 0 Å². The van der Waals surface area contributed by atoms with Gasteiger partial charge in [-0.15, -0.1) is 0 Å². The fourth-order valence-electron chi connectivity index (χ4n) is 4.23. The maximum Gasteiger partial charge on any atom is 0.274 e. The second-order valence-corrected chi connectivity index (χ2v) is 9.29. The van der Waals surface area contributed by atoms with Crippen molar-refractivity contribution in [3.63, 3.8) is 0 Å². The molecule has 2 aliphatic rings. The van der Waals surface area contributed by atoms with Gasteiger partial charge < -0.3 is 14.7 Å². The molecule has 0 N–H and O–H groups in total. The van der Waals surface area contributed by atoms with E-state index in [1.165, 1.54) is 11.3 Å². The summed E-state index contributed by atoms with van der Waals surface area (Å²) in [6.07, 6.45) is 5.02. The Balaban J connectivity index is 1.25. The number of hydrogen-bond donors (Lipinski definition) is 0. The molecule has 9 heteroatoms. The number of piperazine rings is 1. The molecule has 5 rings (SSSR count). The summed E-state index contributed by atoms with van der Waals surface area (Å²) in [6.45, 7) is 7.12. The second kappa shape index (κ2) is 9.20. The number of rotatable bonds is 4. The van der Waals surface area contributed by atoms with Crippen LogP contribution in [0.1, 0.15) is 16.1 Å². The summed E-state index contributed by atoms with van der Waals surface area (Å²) >= 11 is 1.97. The number of nitrogens with zero attached hydrogens (tertiary/aromatic N) is 7. The molecule has 1 aromatic carbocycles. The molecule has 0 spiro atoms. The lowest BCUT2D eigenvalue weighted by molar-refractivity contribution is 0.0741. The highest BCUT2D eigenvalue weighted by Gasteiger charge is 2.24. The molecule has 0 unspecified atom stereocenters. The Morgan fingerprint density at radius 3 is 2.44 bits per heavy atom. The lowest BCUT2D eigenvalue weighted by Crippen LogP contribution is -2.49. The largest absolute Gasteiger partial charge is 0.368 e. The maximum atomic E-state index is 13.1. The van der Waals surface area contributed by atoms with Crippen LogP contribution < -0.4 is 9.80 Å². The quantitative estimate of drug-likeness (QED) is 0.606. The number of para-hydroxylation sites is 1. The molecular formula is C23H27N7OS. The number of benzene rings is 1. The number of amides is 1. The minimum absolute atomic E-state index is 0.0319. The number of aromatic nitrogens is 4. The highest BCUT2D eigenvalue weighted by molar-refractivity contribution is 7.99. The van der Waals surface area contributed by atoms with E-state index in [2.05, 4.69) is 55.9 Å². The lowest BCUT2D eigenvalue weighted by Gasteiger charge is -2.36. The molecule has 2 fully saturated rings. The van der Waals surface area contributed by atoms with E-state index in [0.717, 1.165) is 49.3 Å². The second-order valence-electron chi connectivity index (χ2n) is 8.07. The summed E-state index contributed by atoms with van der Waals surface area (Å²) in [4.78, 5) is 32.8. The van der Waals surface area contributed by atoms with Crippen molar-refractivity contribution in [2.75, 3.05) is 60.6 Å². The Morgan fingerprint density at radius 1 is 0.906 bits per heavy atom. The summed E-state index contributed by atoms with van der Waals surface area (Å²) < 4.78 is 1.81. The molecule has 2 aromatic heterocycles. The minimum atomic E-state index is -0.0319. The molecule has 0 bridgehead atoms. The van der Waals surface area contributed by atoms with E-state index in [-0.39, 0.29) is 5.91 Å². The average molecular weight is 450 g/mol. The molecule has 2 saturated heterocycles. The molecular weight excluding hydrogens is 422 g/mol. The molecule has 4 heterocycles. The Hall–Kier alpha value is -3.07. The van der Waals surface area contributed by atoms with Crippen molar-refractivity contribution in [3.8, 4) is 5.82 Å². The van der Waals surface area contributed by atoms with Gasteiger partial charge in [0.15, 0.2) is 0 Å². The zero-order chi connectivity index (χ0) is 21.9. The van der Waals surface area contributed by atoms with Crippen LogP contribution in [0, 0.1) is 6.92 Å². The number of thioether (sulfide) groups is 1. The zero-order valence-electron chi connectivity index (χ0n) is 18.2. The number of hydrogen-bond acceptors (Lipinski definition) is 7. The van der Waals surface area contributed by atoms with E-state index < -0.39 is 0 Å². The Kier molecular flexibility index (Phi) is 5.98. The first-order valence-corrected chi connectivity index (χ1v) is 12.1. The smallest absolute Gasteiger partial charge is 0.274 e. The maximum absolute atomic E-state index is 13.1. The van der Waals surface area contributed by atoms with E-state index in [9.17, 15) is 4.79 Å². The van der Waals surface area contributed by atoms with E-state index >= 15 is 0 Å². The number of carbonyl (C=O) groups excluding carboxylic acids is 1. The molecule has 1 amide bonds. The van der Waals surface area contributed by atoms with Crippen LogP contribution in [0.2, 0.25) is 0 Å². The number of aryl methyl sites for hydroxylation is 1. The Bertz CT molecular complexity index is 1090. The molecule has 0 aliphatic carbocycles. The Morgan fingerprint density at radius 2 is 1.66 bits per heavy atom. The first kappa shape index (κ1) is 20.8. The van der Waals surface area contributed by atoms with E-state index in [4.69, 9.17) is 0 Å². The predicted molar refractivity (Wildman–Crippen MR) is 128 cm³/mol. The average Bonchev–Trinajstić information content (AvgIpc) is 3.35. The van der Waals surface area contributed by atoms with Crippen LogP contribution in [0.5, 0.6) is 0 Å². The third-order valence-corrected chi connectivity index (χ3v) is 7.01. The summed E-state index contributed by atoms with van der Waals surface area (Å²) in [7, 11) is 0. The van der Waals surface area contributed by atoms with Crippen LogP contribution in [0.25, 0.3) is 5.82 Å². The van der Waals surface area contributed by atoms with Gasteiger partial charge in [0.25, 0.3) is 5.91 Å². The van der Waals surface area contributed by atoms with Crippen molar-refractivity contribution >= 4 is 29.2 Å². The lowest BCUT2D eigenvalue weighted by atomic mass is 10.1. The number of anilines is 2. The summed E-state index contributed by atoms with van der Waals surface area (Å²) in [6, 6.07) is 10.4. The van der Waals surface area contributed by atoms with Gasteiger partial charge in [0.05, 0.1) is 0 Å². The summed E-state index contributed by atoms with van der Waals surface area (Å²) in [5.41, 5.74) is 2.96. The van der Waals surface area contributed by atoms with Gasteiger partial charge in [-0.1, -0.05) is 18.2 Å². The van der Waals surface area contributed by atoms with Crippen LogP contribution in [-0.4, -0.2) is 81.1 Å². The van der Waals surface area contributed by atoms with Gasteiger partial charge in [-0.2, -0.15) is 11.8 Å². The van der Waals surface area contributed by atoms with Gasteiger partial charge in [0, 0.05) is 68.7 Å². The molecule has 3 aromatic rings. The van der Waals surface area contributed by atoms with Gasteiger partial charge in [-0.3, -0.25) is 9.36 Å². The first-order valence-electron chi connectivity index (χ1n) is 11.0. The normalized spacial score (nSPS) is 17.0. The first-order chi connectivity index (χ1) is 15.7. The number of imidazole rings is 1. The van der Waals surface area contributed by atoms with Crippen molar-refractivity contribution in [3.05, 3.63) is 60.4 Å². The summed E-state index contributed by atoms with van der Waals surface area (Å²) in [5, 5.41) is 0.